The molecule has 2 rings (SSSR count). The standard InChI is InChI=1S/C17H24FN7O/c1-4-19-17(22-10-15-23-11-24-25(15)3)21-8-7-20-16(26)13-6-5-12(2)14(18)9-13/h5-6,9,11H,4,7-8,10H2,1-3H3,(H,20,26)(H2,19,21,22). The number of nitrogens with one attached hydrogen (secondary N) is 3. The number of aromatic nitrogens is 3. The molecule has 0 aliphatic heterocycles. The number of carbonyl (C=O) groups is 1. The lowest BCUT2D eigenvalue weighted by Gasteiger charge is -2.12. The van der Waals surface area contributed by atoms with E-state index in [1.165, 1.54) is 12.4 Å². The summed E-state index contributed by atoms with van der Waals surface area (Å²) >= 11 is 0. The molecule has 0 fully saturated rings. The summed E-state index contributed by atoms with van der Waals surface area (Å²) in [6.45, 7) is 5.57. The van der Waals surface area contributed by atoms with E-state index in [2.05, 4.69) is 31.0 Å². The highest BCUT2D eigenvalue weighted by atomic mass is 19.1. The second-order valence-corrected chi connectivity index (χ2v) is 5.64. The molecule has 1 aromatic heterocycles. The molecule has 3 N–H and O–H groups in total. The number of carbonyl (C=O) groups excluding carboxylic acids is 1. The first kappa shape index (κ1) is 19.4. The fraction of sp³-hybridized carbons (Fsp3) is 0.412. The van der Waals surface area contributed by atoms with Crippen LogP contribution in [0.5, 0.6) is 0 Å². The Kier molecular flexibility index (Phi) is 7.07. The molecule has 1 heterocycles. The summed E-state index contributed by atoms with van der Waals surface area (Å²) in [5, 5.41) is 13.0. The monoisotopic (exact) mass is 361 g/mol. The second kappa shape index (κ2) is 9.50. The smallest absolute Gasteiger partial charge is 0.251 e. The molecule has 26 heavy (non-hydrogen) atoms. The molecular formula is C17H24FN7O. The summed E-state index contributed by atoms with van der Waals surface area (Å²) in [7, 11) is 1.81. The van der Waals surface area contributed by atoms with Gasteiger partial charge < -0.3 is 16.0 Å². The maximum atomic E-state index is 13.5. The third-order valence-corrected chi connectivity index (χ3v) is 3.66. The predicted octanol–water partition coefficient (Wildman–Crippen LogP) is 0.748. The molecule has 8 nitrogen and oxygen atoms in total. The maximum Gasteiger partial charge on any atom is 0.251 e. The van der Waals surface area contributed by atoms with Gasteiger partial charge in [-0.05, 0) is 31.5 Å². The molecule has 0 unspecified atom stereocenters. The molecule has 0 aliphatic carbocycles. The summed E-state index contributed by atoms with van der Waals surface area (Å²) < 4.78 is 15.2. The van der Waals surface area contributed by atoms with Crippen LogP contribution in [0.4, 0.5) is 4.39 Å². The number of aryl methyl sites for hydroxylation is 2. The van der Waals surface area contributed by atoms with E-state index >= 15 is 0 Å². The SMILES string of the molecule is CCNC(=NCc1ncnn1C)NCCNC(=O)c1ccc(C)c(F)c1. The Labute approximate surface area is 151 Å². The molecule has 0 saturated carbocycles. The van der Waals surface area contributed by atoms with Crippen LogP contribution in [0.15, 0.2) is 29.5 Å². The normalized spacial score (nSPS) is 11.3. The molecule has 1 aromatic carbocycles. The van der Waals surface area contributed by atoms with Crippen molar-refractivity contribution in [3.05, 3.63) is 47.3 Å². The molecule has 9 heteroatoms. The maximum absolute atomic E-state index is 13.5. The van der Waals surface area contributed by atoms with Crippen LogP contribution in [0, 0.1) is 12.7 Å². The van der Waals surface area contributed by atoms with Gasteiger partial charge in [-0.1, -0.05) is 6.07 Å². The quantitative estimate of drug-likeness (QED) is 0.384. The highest BCUT2D eigenvalue weighted by Gasteiger charge is 2.07. The Morgan fingerprint density at radius 2 is 2.04 bits per heavy atom. The number of hydrogen-bond acceptors (Lipinski definition) is 4. The Morgan fingerprint density at radius 1 is 1.27 bits per heavy atom. The molecule has 0 spiro atoms. The van der Waals surface area contributed by atoms with Crippen LogP contribution in [-0.2, 0) is 13.6 Å². The van der Waals surface area contributed by atoms with E-state index in [9.17, 15) is 9.18 Å². The minimum atomic E-state index is -0.388. The minimum absolute atomic E-state index is 0.302. The summed E-state index contributed by atoms with van der Waals surface area (Å²) in [5.74, 6) is 0.663. The molecule has 0 atom stereocenters. The lowest BCUT2D eigenvalue weighted by molar-refractivity contribution is 0.0954. The van der Waals surface area contributed by atoms with Crippen LogP contribution in [-0.4, -0.2) is 46.3 Å². The predicted molar refractivity (Wildman–Crippen MR) is 97.3 cm³/mol. The van der Waals surface area contributed by atoms with Crippen molar-refractivity contribution in [3.63, 3.8) is 0 Å². The number of aliphatic imine (C=N–C) groups is 1. The number of nitrogens with zero attached hydrogens (tertiary/aromatic N) is 4. The van der Waals surface area contributed by atoms with Crippen molar-refractivity contribution >= 4 is 11.9 Å². The van der Waals surface area contributed by atoms with Gasteiger partial charge in [0.05, 0.1) is 0 Å². The van der Waals surface area contributed by atoms with E-state index in [0.717, 1.165) is 5.82 Å². The molecule has 0 saturated heterocycles. The summed E-state index contributed by atoms with van der Waals surface area (Å²) in [5.41, 5.74) is 0.813. The van der Waals surface area contributed by atoms with E-state index in [4.69, 9.17) is 0 Å². The number of benzene rings is 1. The van der Waals surface area contributed by atoms with Crippen molar-refractivity contribution in [2.75, 3.05) is 19.6 Å². The molecule has 0 aliphatic rings. The van der Waals surface area contributed by atoms with Crippen LogP contribution in [0.3, 0.4) is 0 Å². The van der Waals surface area contributed by atoms with E-state index in [1.54, 1.807) is 23.7 Å². The Morgan fingerprint density at radius 3 is 2.69 bits per heavy atom. The van der Waals surface area contributed by atoms with Gasteiger partial charge in [-0.2, -0.15) is 5.10 Å². The van der Waals surface area contributed by atoms with E-state index < -0.39 is 0 Å². The van der Waals surface area contributed by atoms with Crippen LogP contribution in [0.2, 0.25) is 0 Å². The average molecular weight is 361 g/mol. The zero-order valence-corrected chi connectivity index (χ0v) is 15.2. The molecule has 1 amide bonds. The van der Waals surface area contributed by atoms with Gasteiger partial charge in [0.2, 0.25) is 0 Å². The van der Waals surface area contributed by atoms with Gasteiger partial charge in [-0.3, -0.25) is 9.48 Å². The first-order valence-electron chi connectivity index (χ1n) is 8.40. The van der Waals surface area contributed by atoms with E-state index in [1.807, 2.05) is 14.0 Å². The van der Waals surface area contributed by atoms with Crippen LogP contribution >= 0.6 is 0 Å². The van der Waals surface area contributed by atoms with Gasteiger partial charge in [0.25, 0.3) is 5.91 Å². The highest BCUT2D eigenvalue weighted by Crippen LogP contribution is 2.08. The highest BCUT2D eigenvalue weighted by molar-refractivity contribution is 5.94. The Bertz CT molecular complexity index is 772. The van der Waals surface area contributed by atoms with Crippen LogP contribution < -0.4 is 16.0 Å². The van der Waals surface area contributed by atoms with Crippen molar-refractivity contribution in [1.82, 2.24) is 30.7 Å². The molecule has 0 radical (unpaired) electrons. The van der Waals surface area contributed by atoms with Gasteiger partial charge in [-0.25, -0.2) is 14.4 Å². The van der Waals surface area contributed by atoms with Crippen molar-refractivity contribution in [2.45, 2.75) is 20.4 Å². The molecule has 140 valence electrons. The van der Waals surface area contributed by atoms with E-state index in [-0.39, 0.29) is 11.7 Å². The topological polar surface area (TPSA) is 96.2 Å². The van der Waals surface area contributed by atoms with Gasteiger partial charge in [0.1, 0.15) is 24.5 Å². The first-order valence-corrected chi connectivity index (χ1v) is 8.40. The lowest BCUT2D eigenvalue weighted by atomic mass is 10.1. The fourth-order valence-corrected chi connectivity index (χ4v) is 2.15. The van der Waals surface area contributed by atoms with Crippen LogP contribution in [0.25, 0.3) is 0 Å². The minimum Gasteiger partial charge on any atom is -0.357 e. The fourth-order valence-electron chi connectivity index (χ4n) is 2.15. The molecule has 2 aromatic rings. The number of amides is 1. The zero-order valence-electron chi connectivity index (χ0n) is 15.2. The number of guanidine groups is 1. The average Bonchev–Trinajstić information content (AvgIpc) is 3.03. The third-order valence-electron chi connectivity index (χ3n) is 3.66. The number of halogens is 1. The van der Waals surface area contributed by atoms with Gasteiger partial charge in [0, 0.05) is 32.2 Å². The van der Waals surface area contributed by atoms with Gasteiger partial charge in [0.15, 0.2) is 5.96 Å². The zero-order chi connectivity index (χ0) is 18.9. The number of rotatable bonds is 7. The van der Waals surface area contributed by atoms with E-state index in [0.29, 0.717) is 43.3 Å². The first-order chi connectivity index (χ1) is 12.5. The Balaban J connectivity index is 1.80. The van der Waals surface area contributed by atoms with Gasteiger partial charge in [-0.15, -0.1) is 0 Å². The summed E-state index contributed by atoms with van der Waals surface area (Å²) in [6, 6.07) is 4.43. The number of hydrogen-bond donors (Lipinski definition) is 3. The van der Waals surface area contributed by atoms with Crippen LogP contribution in [0.1, 0.15) is 28.7 Å². The molecule has 0 bridgehead atoms. The largest absolute Gasteiger partial charge is 0.357 e. The third kappa shape index (κ3) is 5.54. The summed E-state index contributed by atoms with van der Waals surface area (Å²) in [6.07, 6.45) is 1.48. The molecular weight excluding hydrogens is 337 g/mol. The van der Waals surface area contributed by atoms with Gasteiger partial charge >= 0.3 is 0 Å². The van der Waals surface area contributed by atoms with Crippen molar-refractivity contribution in [3.8, 4) is 0 Å². The second-order valence-electron chi connectivity index (χ2n) is 5.64. The van der Waals surface area contributed by atoms with Crippen molar-refractivity contribution in [2.24, 2.45) is 12.0 Å². The van der Waals surface area contributed by atoms with Crippen molar-refractivity contribution < 1.29 is 9.18 Å². The summed E-state index contributed by atoms with van der Waals surface area (Å²) in [4.78, 5) is 20.6. The van der Waals surface area contributed by atoms with Crippen molar-refractivity contribution in [1.29, 1.82) is 0 Å². The lowest BCUT2D eigenvalue weighted by Crippen LogP contribution is -2.41. The Hall–Kier alpha value is -2.97.